The second-order valence-corrected chi connectivity index (χ2v) is 6.65. The quantitative estimate of drug-likeness (QED) is 0.430. The molecule has 0 aliphatic rings. The van der Waals surface area contributed by atoms with Gasteiger partial charge in [-0.15, -0.1) is 0 Å². The fourth-order valence-corrected chi connectivity index (χ4v) is 3.30. The van der Waals surface area contributed by atoms with Crippen molar-refractivity contribution in [2.75, 3.05) is 5.73 Å². The molecule has 0 fully saturated rings. The number of aryl methyl sites for hydroxylation is 1. The van der Waals surface area contributed by atoms with Crippen molar-refractivity contribution in [1.29, 1.82) is 0 Å². The Labute approximate surface area is 149 Å². The van der Waals surface area contributed by atoms with Crippen LogP contribution in [0.5, 0.6) is 5.75 Å². The maximum absolute atomic E-state index is 10.1. The Morgan fingerprint density at radius 2 is 1.76 bits per heavy atom. The zero-order valence-electron chi connectivity index (χ0n) is 14.9. The lowest BCUT2D eigenvalue weighted by atomic mass is 10.0. The third kappa shape index (κ3) is 3.95. The third-order valence-corrected chi connectivity index (χ3v) is 4.74. The van der Waals surface area contributed by atoms with Gasteiger partial charge in [0.2, 0.25) is 0 Å². The number of rotatable bonds is 8. The highest BCUT2D eigenvalue weighted by atomic mass is 16.3. The maximum atomic E-state index is 10.1. The first-order valence-corrected chi connectivity index (χ1v) is 9.23. The number of anilines is 1. The highest BCUT2D eigenvalue weighted by Crippen LogP contribution is 2.35. The molecule has 3 rings (SSSR count). The molecule has 132 valence electrons. The van der Waals surface area contributed by atoms with E-state index in [4.69, 9.17) is 5.73 Å². The van der Waals surface area contributed by atoms with Crippen LogP contribution in [0.1, 0.15) is 45.4 Å². The summed E-state index contributed by atoms with van der Waals surface area (Å²) in [7, 11) is 0. The van der Waals surface area contributed by atoms with Gasteiger partial charge in [0.25, 0.3) is 0 Å². The third-order valence-electron chi connectivity index (χ3n) is 4.74. The minimum atomic E-state index is 0.246. The molecule has 3 aromatic rings. The molecule has 0 saturated heterocycles. The molecule has 0 aliphatic heterocycles. The second-order valence-electron chi connectivity index (χ2n) is 6.65. The van der Waals surface area contributed by atoms with Crippen molar-refractivity contribution in [2.24, 2.45) is 0 Å². The van der Waals surface area contributed by atoms with E-state index in [9.17, 15) is 5.11 Å². The van der Waals surface area contributed by atoms with Gasteiger partial charge in [-0.05, 0) is 24.6 Å². The highest BCUT2D eigenvalue weighted by Gasteiger charge is 2.11. The molecule has 1 aromatic heterocycles. The molecule has 2 aromatic carbocycles. The van der Waals surface area contributed by atoms with Crippen molar-refractivity contribution in [3.63, 3.8) is 0 Å². The van der Waals surface area contributed by atoms with Crippen molar-refractivity contribution < 1.29 is 5.11 Å². The Kier molecular flexibility index (Phi) is 5.59. The summed E-state index contributed by atoms with van der Waals surface area (Å²) >= 11 is 0. The van der Waals surface area contributed by atoms with Crippen LogP contribution in [0.3, 0.4) is 0 Å². The Bertz CT molecular complexity index is 838. The van der Waals surface area contributed by atoms with E-state index in [0.717, 1.165) is 35.1 Å². The molecule has 4 heteroatoms. The summed E-state index contributed by atoms with van der Waals surface area (Å²) in [6.07, 6.45) is 9.54. The van der Waals surface area contributed by atoms with Crippen molar-refractivity contribution >= 4 is 16.7 Å². The lowest BCUT2D eigenvalue weighted by Crippen LogP contribution is -1.97. The predicted molar refractivity (Wildman–Crippen MR) is 105 cm³/mol. The molecule has 0 atom stereocenters. The largest absolute Gasteiger partial charge is 0.507 e. The summed E-state index contributed by atoms with van der Waals surface area (Å²) in [6.45, 7) is 3.21. The number of para-hydroxylation sites is 1. The maximum Gasteiger partial charge on any atom is 0.123 e. The van der Waals surface area contributed by atoms with Crippen molar-refractivity contribution in [1.82, 2.24) is 9.55 Å². The number of aromatic hydroxyl groups is 1. The van der Waals surface area contributed by atoms with Crippen LogP contribution in [0, 0.1) is 0 Å². The molecular formula is C21H27N3O. The van der Waals surface area contributed by atoms with Crippen molar-refractivity contribution in [2.45, 2.75) is 52.0 Å². The van der Waals surface area contributed by atoms with Gasteiger partial charge in [0.05, 0.1) is 17.4 Å². The van der Waals surface area contributed by atoms with Crippen LogP contribution in [0.25, 0.3) is 22.2 Å². The molecule has 0 spiro atoms. The van der Waals surface area contributed by atoms with Crippen LogP contribution in [-0.2, 0) is 6.54 Å². The Hall–Kier alpha value is -2.49. The highest BCUT2D eigenvalue weighted by molar-refractivity contribution is 5.91. The lowest BCUT2D eigenvalue weighted by molar-refractivity contribution is 0.477. The first-order chi connectivity index (χ1) is 12.2. The van der Waals surface area contributed by atoms with Crippen LogP contribution < -0.4 is 5.73 Å². The molecule has 0 radical (unpaired) electrons. The number of imidazole rings is 1. The second kappa shape index (κ2) is 8.06. The molecule has 3 N–H and O–H groups in total. The summed E-state index contributed by atoms with van der Waals surface area (Å²) in [5.74, 6) is 0.246. The summed E-state index contributed by atoms with van der Waals surface area (Å²) in [6, 6.07) is 11.2. The minimum absolute atomic E-state index is 0.246. The van der Waals surface area contributed by atoms with Gasteiger partial charge in [0.1, 0.15) is 5.75 Å². The van der Waals surface area contributed by atoms with Crippen LogP contribution >= 0.6 is 0 Å². The molecular weight excluding hydrogens is 310 g/mol. The smallest absolute Gasteiger partial charge is 0.123 e. The monoisotopic (exact) mass is 337 g/mol. The Morgan fingerprint density at radius 3 is 2.56 bits per heavy atom. The van der Waals surface area contributed by atoms with E-state index >= 15 is 0 Å². The lowest BCUT2D eigenvalue weighted by Gasteiger charge is -2.10. The molecule has 0 saturated carbocycles. The van der Waals surface area contributed by atoms with E-state index in [1.165, 1.54) is 32.1 Å². The number of fused-ring (bicyclic) bond motifs is 1. The van der Waals surface area contributed by atoms with Gasteiger partial charge in [0.15, 0.2) is 0 Å². The first-order valence-electron chi connectivity index (χ1n) is 9.23. The number of nitrogen functional groups attached to an aromatic ring is 1. The number of aromatic nitrogens is 2. The summed E-state index contributed by atoms with van der Waals surface area (Å²) < 4.78 is 2.19. The summed E-state index contributed by atoms with van der Waals surface area (Å²) in [4.78, 5) is 4.49. The molecule has 4 nitrogen and oxygen atoms in total. The number of nitrogens with two attached hydrogens (primary N) is 1. The Balaban J connectivity index is 1.80. The number of nitrogens with zero attached hydrogens (tertiary/aromatic N) is 2. The van der Waals surface area contributed by atoms with E-state index in [0.29, 0.717) is 5.69 Å². The number of phenolic OH excluding ortho intramolecular Hbond substituents is 1. The zero-order chi connectivity index (χ0) is 17.6. The van der Waals surface area contributed by atoms with Gasteiger partial charge in [-0.25, -0.2) is 4.98 Å². The number of unbranched alkanes of at least 4 members (excludes halogenated alkanes) is 5. The normalized spacial score (nSPS) is 11.2. The number of phenols is 1. The van der Waals surface area contributed by atoms with E-state index in [-0.39, 0.29) is 5.75 Å². The van der Waals surface area contributed by atoms with Crippen molar-refractivity contribution in [3.05, 3.63) is 42.7 Å². The molecule has 0 amide bonds. The van der Waals surface area contributed by atoms with E-state index in [1.54, 1.807) is 6.07 Å². The average molecular weight is 337 g/mol. The first kappa shape index (κ1) is 17.3. The van der Waals surface area contributed by atoms with Gasteiger partial charge >= 0.3 is 0 Å². The van der Waals surface area contributed by atoms with E-state index in [1.807, 2.05) is 36.7 Å². The molecule has 0 unspecified atom stereocenters. The average Bonchev–Trinajstić information content (AvgIpc) is 3.00. The molecule has 0 bridgehead atoms. The van der Waals surface area contributed by atoms with Gasteiger partial charge in [-0.1, -0.05) is 57.2 Å². The fourth-order valence-electron chi connectivity index (χ4n) is 3.30. The SMILES string of the molecule is CCCCCCCCn1cnc2cc(N)c(-c3ccccc3O)cc21. The number of hydrogen-bond donors (Lipinski definition) is 2. The van der Waals surface area contributed by atoms with E-state index < -0.39 is 0 Å². The zero-order valence-corrected chi connectivity index (χ0v) is 14.9. The minimum Gasteiger partial charge on any atom is -0.507 e. The van der Waals surface area contributed by atoms with Crippen LogP contribution in [0.15, 0.2) is 42.7 Å². The summed E-state index contributed by atoms with van der Waals surface area (Å²) in [5, 5.41) is 10.1. The number of hydrogen-bond acceptors (Lipinski definition) is 3. The van der Waals surface area contributed by atoms with Crippen LogP contribution in [-0.4, -0.2) is 14.7 Å². The van der Waals surface area contributed by atoms with Crippen molar-refractivity contribution in [3.8, 4) is 16.9 Å². The van der Waals surface area contributed by atoms with Crippen LogP contribution in [0.2, 0.25) is 0 Å². The summed E-state index contributed by atoms with van der Waals surface area (Å²) in [5.41, 5.74) is 10.4. The molecule has 25 heavy (non-hydrogen) atoms. The Morgan fingerprint density at radius 1 is 1.00 bits per heavy atom. The fraction of sp³-hybridized carbons (Fsp3) is 0.381. The number of benzene rings is 2. The van der Waals surface area contributed by atoms with E-state index in [2.05, 4.69) is 16.5 Å². The topological polar surface area (TPSA) is 64.1 Å². The van der Waals surface area contributed by atoms with Gasteiger partial charge < -0.3 is 15.4 Å². The van der Waals surface area contributed by atoms with Crippen LogP contribution in [0.4, 0.5) is 5.69 Å². The predicted octanol–water partition coefficient (Wildman–Crippen LogP) is 5.35. The van der Waals surface area contributed by atoms with Gasteiger partial charge in [-0.2, -0.15) is 0 Å². The molecule has 0 aliphatic carbocycles. The van der Waals surface area contributed by atoms with Gasteiger partial charge in [-0.3, -0.25) is 0 Å². The standard InChI is InChI=1S/C21H27N3O/c1-2-3-4-5-6-9-12-24-15-23-19-14-18(22)17(13-20(19)24)16-10-7-8-11-21(16)25/h7-8,10-11,13-15,25H,2-6,9,12,22H2,1H3. The molecule has 1 heterocycles. The van der Waals surface area contributed by atoms with Gasteiger partial charge in [0, 0.05) is 23.4 Å².